The number of hydrogen-bond acceptors (Lipinski definition) is 3. The molecule has 0 bridgehead atoms. The smallest absolute Gasteiger partial charge is 0.243 e. The van der Waals surface area contributed by atoms with Gasteiger partial charge in [0.1, 0.15) is 24.6 Å². The fourth-order valence-electron chi connectivity index (χ4n) is 4.32. The first-order valence-electron chi connectivity index (χ1n) is 10.9. The number of carbonyl (C=O) groups is 3. The Balaban J connectivity index is 1.54. The van der Waals surface area contributed by atoms with Crippen LogP contribution < -0.4 is 5.32 Å². The van der Waals surface area contributed by atoms with Crippen molar-refractivity contribution in [3.8, 4) is 12.3 Å². The molecule has 1 saturated heterocycles. The van der Waals surface area contributed by atoms with Crippen LogP contribution in [-0.2, 0) is 22.7 Å². The molecule has 35 heavy (non-hydrogen) atoms. The SMILES string of the molecule is C#Cc1ccc2c(C(C)=O)cn(CC(=O)N3CC(F)CC3C(=O)NCc3cccc(Cl)c3F)c2c1. The number of terminal acetylenes is 1. The molecule has 2 atom stereocenters. The van der Waals surface area contributed by atoms with Crippen molar-refractivity contribution >= 4 is 40.1 Å². The summed E-state index contributed by atoms with van der Waals surface area (Å²) in [5.41, 5.74) is 1.78. The molecule has 1 aliphatic rings. The summed E-state index contributed by atoms with van der Waals surface area (Å²) in [6, 6.07) is 8.50. The van der Waals surface area contributed by atoms with E-state index < -0.39 is 29.8 Å². The number of likely N-dealkylation sites (tertiary alicyclic amines) is 1. The molecule has 6 nitrogen and oxygen atoms in total. The minimum atomic E-state index is -1.38. The molecule has 1 N–H and O–H groups in total. The number of alkyl halides is 1. The quantitative estimate of drug-likeness (QED) is 0.415. The highest BCUT2D eigenvalue weighted by molar-refractivity contribution is 6.30. The molecule has 2 aromatic carbocycles. The molecule has 9 heteroatoms. The van der Waals surface area contributed by atoms with E-state index in [2.05, 4.69) is 11.2 Å². The van der Waals surface area contributed by atoms with Crippen molar-refractivity contribution in [1.29, 1.82) is 0 Å². The highest BCUT2D eigenvalue weighted by Crippen LogP contribution is 2.26. The summed E-state index contributed by atoms with van der Waals surface area (Å²) in [5.74, 6) is 0.623. The van der Waals surface area contributed by atoms with Gasteiger partial charge in [-0.05, 0) is 25.1 Å². The second kappa shape index (κ2) is 9.88. The predicted molar refractivity (Wildman–Crippen MR) is 128 cm³/mol. The Hall–Kier alpha value is -3.70. The van der Waals surface area contributed by atoms with Crippen molar-refractivity contribution < 1.29 is 23.2 Å². The zero-order chi connectivity index (χ0) is 25.3. The van der Waals surface area contributed by atoms with E-state index in [4.69, 9.17) is 18.0 Å². The number of carbonyl (C=O) groups excluding carboxylic acids is 3. The summed E-state index contributed by atoms with van der Waals surface area (Å²) >= 11 is 5.77. The summed E-state index contributed by atoms with van der Waals surface area (Å²) in [5, 5.41) is 3.14. The lowest BCUT2D eigenvalue weighted by Crippen LogP contribution is -2.46. The van der Waals surface area contributed by atoms with Crippen molar-refractivity contribution in [2.24, 2.45) is 0 Å². The van der Waals surface area contributed by atoms with Gasteiger partial charge in [-0.15, -0.1) is 6.42 Å². The van der Waals surface area contributed by atoms with Gasteiger partial charge < -0.3 is 14.8 Å². The van der Waals surface area contributed by atoms with Crippen LogP contribution in [0, 0.1) is 18.2 Å². The molecular weight excluding hydrogens is 476 g/mol. The lowest BCUT2D eigenvalue weighted by Gasteiger charge is -2.24. The van der Waals surface area contributed by atoms with Crippen LogP contribution in [0.3, 0.4) is 0 Å². The van der Waals surface area contributed by atoms with Crippen LogP contribution in [0.25, 0.3) is 10.9 Å². The van der Waals surface area contributed by atoms with Gasteiger partial charge in [0.2, 0.25) is 11.8 Å². The molecule has 1 fully saturated rings. The minimum absolute atomic E-state index is 0.0740. The van der Waals surface area contributed by atoms with Gasteiger partial charge >= 0.3 is 0 Å². The number of Topliss-reactive ketones (excluding diaryl/α,β-unsaturated/α-hetero) is 1. The van der Waals surface area contributed by atoms with Crippen molar-refractivity contribution in [2.75, 3.05) is 6.54 Å². The Morgan fingerprint density at radius 2 is 2.03 bits per heavy atom. The first-order chi connectivity index (χ1) is 16.7. The molecule has 0 radical (unpaired) electrons. The van der Waals surface area contributed by atoms with E-state index in [9.17, 15) is 23.2 Å². The van der Waals surface area contributed by atoms with Crippen LogP contribution in [0.4, 0.5) is 8.78 Å². The topological polar surface area (TPSA) is 71.4 Å². The van der Waals surface area contributed by atoms with Crippen LogP contribution in [0.5, 0.6) is 0 Å². The Morgan fingerprint density at radius 3 is 2.74 bits per heavy atom. The molecule has 4 rings (SSSR count). The van der Waals surface area contributed by atoms with Crippen LogP contribution in [0.2, 0.25) is 5.02 Å². The number of halogens is 3. The molecule has 2 heterocycles. The highest BCUT2D eigenvalue weighted by Gasteiger charge is 2.39. The number of hydrogen-bond donors (Lipinski definition) is 1. The van der Waals surface area contributed by atoms with Crippen molar-refractivity contribution in [2.45, 2.75) is 38.6 Å². The Morgan fingerprint density at radius 1 is 1.26 bits per heavy atom. The number of amides is 2. The number of fused-ring (bicyclic) bond motifs is 1. The Bertz CT molecular complexity index is 1380. The highest BCUT2D eigenvalue weighted by atomic mass is 35.5. The van der Waals surface area contributed by atoms with Crippen molar-refractivity contribution in [1.82, 2.24) is 14.8 Å². The zero-order valence-corrected chi connectivity index (χ0v) is 19.6. The molecule has 2 amide bonds. The van der Waals surface area contributed by atoms with Gasteiger partial charge in [-0.25, -0.2) is 8.78 Å². The van der Waals surface area contributed by atoms with Gasteiger partial charge in [0, 0.05) is 41.2 Å². The van der Waals surface area contributed by atoms with Gasteiger partial charge in [-0.2, -0.15) is 0 Å². The summed E-state index contributed by atoms with van der Waals surface area (Å²) in [6.07, 6.45) is 5.52. The minimum Gasteiger partial charge on any atom is -0.350 e. The molecular formula is C26H22ClF2N3O3. The predicted octanol–water partition coefficient (Wildman–Crippen LogP) is 3.87. The maximum absolute atomic E-state index is 14.3. The molecule has 1 aliphatic heterocycles. The molecule has 3 aromatic rings. The van der Waals surface area contributed by atoms with Gasteiger partial charge in [-0.1, -0.05) is 35.7 Å². The van der Waals surface area contributed by atoms with E-state index >= 15 is 0 Å². The zero-order valence-electron chi connectivity index (χ0n) is 18.9. The van der Waals surface area contributed by atoms with E-state index in [-0.39, 0.29) is 42.4 Å². The maximum Gasteiger partial charge on any atom is 0.243 e. The van der Waals surface area contributed by atoms with E-state index in [0.29, 0.717) is 22.0 Å². The average molecular weight is 498 g/mol. The second-order valence-corrected chi connectivity index (χ2v) is 8.84. The number of nitrogens with one attached hydrogen (secondary N) is 1. The number of nitrogens with zero attached hydrogens (tertiary/aromatic N) is 2. The van der Waals surface area contributed by atoms with Crippen LogP contribution in [0.15, 0.2) is 42.6 Å². The standard InChI is InChI=1S/C26H22ClF2N3O3/c1-3-16-7-8-19-20(15(2)33)13-31(22(19)9-16)14-24(34)32-12-18(28)10-23(32)26(35)30-11-17-5-4-6-21(27)25(17)29/h1,4-9,13,18,23H,10-12,14H2,2H3,(H,30,35). The monoisotopic (exact) mass is 497 g/mol. The number of ketones is 1. The Kier molecular flexibility index (Phi) is 6.90. The largest absolute Gasteiger partial charge is 0.350 e. The molecule has 2 unspecified atom stereocenters. The first-order valence-corrected chi connectivity index (χ1v) is 11.3. The normalized spacial score (nSPS) is 17.4. The van der Waals surface area contributed by atoms with Gasteiger partial charge in [0.15, 0.2) is 5.78 Å². The molecule has 0 aliphatic carbocycles. The second-order valence-electron chi connectivity index (χ2n) is 8.43. The molecule has 180 valence electrons. The van der Waals surface area contributed by atoms with E-state index in [0.717, 1.165) is 0 Å². The van der Waals surface area contributed by atoms with E-state index in [1.165, 1.54) is 24.0 Å². The lowest BCUT2D eigenvalue weighted by molar-refractivity contribution is -0.139. The van der Waals surface area contributed by atoms with Gasteiger partial charge in [-0.3, -0.25) is 14.4 Å². The fraction of sp³-hybridized carbons (Fsp3) is 0.269. The lowest BCUT2D eigenvalue weighted by atomic mass is 10.1. The van der Waals surface area contributed by atoms with Crippen LogP contribution in [0.1, 0.15) is 34.8 Å². The number of aromatic nitrogens is 1. The molecule has 0 saturated carbocycles. The first kappa shape index (κ1) is 24.4. The molecule has 0 spiro atoms. The van der Waals surface area contributed by atoms with Crippen molar-refractivity contribution in [3.05, 3.63) is 70.1 Å². The van der Waals surface area contributed by atoms with Crippen LogP contribution >= 0.6 is 11.6 Å². The third-order valence-corrected chi connectivity index (χ3v) is 6.38. The summed E-state index contributed by atoms with van der Waals surface area (Å²) in [6.45, 7) is 0.821. The average Bonchev–Trinajstić information content (AvgIpc) is 3.40. The van der Waals surface area contributed by atoms with Crippen molar-refractivity contribution in [3.63, 3.8) is 0 Å². The van der Waals surface area contributed by atoms with E-state index in [1.807, 2.05) is 0 Å². The summed E-state index contributed by atoms with van der Waals surface area (Å²) in [7, 11) is 0. The third kappa shape index (κ3) is 4.91. The number of benzene rings is 2. The summed E-state index contributed by atoms with van der Waals surface area (Å²) in [4.78, 5) is 39.3. The number of rotatable bonds is 6. The van der Waals surface area contributed by atoms with Gasteiger partial charge in [0.25, 0.3) is 0 Å². The fourth-order valence-corrected chi connectivity index (χ4v) is 4.52. The Labute approximate surface area is 205 Å². The maximum atomic E-state index is 14.3. The van der Waals surface area contributed by atoms with Gasteiger partial charge in [0.05, 0.1) is 17.1 Å². The summed E-state index contributed by atoms with van der Waals surface area (Å²) < 4.78 is 30.0. The van der Waals surface area contributed by atoms with Crippen LogP contribution in [-0.4, -0.2) is 45.8 Å². The third-order valence-electron chi connectivity index (χ3n) is 6.09. The molecule has 1 aromatic heterocycles. The van der Waals surface area contributed by atoms with E-state index in [1.54, 1.807) is 35.0 Å².